The van der Waals surface area contributed by atoms with E-state index in [1.165, 1.54) is 70.0 Å². The minimum absolute atomic E-state index is 0.325. The zero-order chi connectivity index (χ0) is 20.8. The zero-order valence-electron chi connectivity index (χ0n) is 17.7. The predicted octanol–water partition coefficient (Wildman–Crippen LogP) is 3.59. The van der Waals surface area contributed by atoms with Crippen LogP contribution in [0.1, 0.15) is 84.5 Å². The molecule has 8 heteroatoms. The first-order valence-corrected chi connectivity index (χ1v) is 11.6. The maximum atomic E-state index is 9.93. The minimum Gasteiger partial charge on any atom is -0.726 e. The Labute approximate surface area is 166 Å². The largest absolute Gasteiger partial charge is 0.726 e. The topological polar surface area (TPSA) is 99.0 Å². The van der Waals surface area contributed by atoms with Crippen molar-refractivity contribution in [3.8, 4) is 0 Å². The Kier molecular flexibility index (Phi) is 14.2. The predicted molar refractivity (Wildman–Crippen MR) is 108 cm³/mol. The third kappa shape index (κ3) is 12.5. The number of rotatable bonds is 13. The van der Waals surface area contributed by atoms with Gasteiger partial charge in [-0.05, 0) is 6.42 Å². The molecule has 1 heterocycles. The van der Waals surface area contributed by atoms with Crippen molar-refractivity contribution in [3.63, 3.8) is 0 Å². The van der Waals surface area contributed by atoms with Crippen LogP contribution in [-0.4, -0.2) is 61.9 Å². The van der Waals surface area contributed by atoms with Crippen molar-refractivity contribution in [2.45, 2.75) is 90.7 Å². The van der Waals surface area contributed by atoms with Crippen LogP contribution in [0.4, 0.5) is 0 Å². The van der Waals surface area contributed by atoms with E-state index >= 15 is 0 Å². The molecular formula is C19H40N2O5S. The average molecular weight is 409 g/mol. The fraction of sp³-hybridized carbons (Fsp3) is 0.947. The molecule has 0 spiro atoms. The van der Waals surface area contributed by atoms with Gasteiger partial charge < -0.3 is 9.66 Å². The first-order chi connectivity index (χ1) is 12.7. The average Bonchev–Trinajstić information content (AvgIpc) is 2.99. The molecule has 0 aromatic rings. The van der Waals surface area contributed by atoms with Gasteiger partial charge in [-0.3, -0.25) is 8.67 Å². The fourth-order valence-corrected chi connectivity index (χ4v) is 3.18. The molecule has 2 unspecified atom stereocenters. The number of unbranched alkanes of at least 4 members (excludes halogenated alkanes) is 9. The first kappa shape index (κ1) is 26.5. The standard InChI is InChI=1S/C18H37N2O.CH4O4S/c1-4-5-6-7-8-9-10-11-12-13-14-18-19-15-16-20(18,3)17(2)21;1-5-6(2,3)4/h17,21H,4-16H2,1-3H3;1H3,(H,2,3,4)/q+1;/p-1. The molecule has 0 saturated heterocycles. The Balaban J connectivity index is 0.000000972. The third-order valence-electron chi connectivity index (χ3n) is 5.23. The van der Waals surface area contributed by atoms with Crippen LogP contribution < -0.4 is 0 Å². The fourth-order valence-electron chi connectivity index (χ4n) is 3.18. The van der Waals surface area contributed by atoms with E-state index in [1.807, 2.05) is 6.92 Å². The van der Waals surface area contributed by atoms with Crippen LogP contribution in [0.3, 0.4) is 0 Å². The van der Waals surface area contributed by atoms with Crippen molar-refractivity contribution in [1.29, 1.82) is 0 Å². The van der Waals surface area contributed by atoms with E-state index in [0.29, 0.717) is 4.48 Å². The van der Waals surface area contributed by atoms with Gasteiger partial charge in [-0.2, -0.15) is 0 Å². The minimum atomic E-state index is -4.41. The molecule has 0 bridgehead atoms. The summed E-state index contributed by atoms with van der Waals surface area (Å²) in [5.74, 6) is 1.21. The maximum Gasteiger partial charge on any atom is 0.217 e. The van der Waals surface area contributed by atoms with Gasteiger partial charge in [-0.15, -0.1) is 0 Å². The van der Waals surface area contributed by atoms with Crippen LogP contribution in [0, 0.1) is 0 Å². The summed E-state index contributed by atoms with van der Waals surface area (Å²) >= 11 is 0. The summed E-state index contributed by atoms with van der Waals surface area (Å²) in [6, 6.07) is 0. The number of aliphatic hydroxyl groups is 1. The third-order valence-corrected chi connectivity index (χ3v) is 5.64. The van der Waals surface area contributed by atoms with E-state index in [4.69, 9.17) is 0 Å². The normalized spacial score (nSPS) is 20.7. The Bertz CT molecular complexity index is 508. The molecule has 1 aliphatic heterocycles. The second-order valence-corrected chi connectivity index (χ2v) is 8.58. The van der Waals surface area contributed by atoms with E-state index < -0.39 is 10.4 Å². The lowest BCUT2D eigenvalue weighted by molar-refractivity contribution is -0.865. The van der Waals surface area contributed by atoms with Crippen LogP contribution in [0.2, 0.25) is 0 Å². The molecule has 0 fully saturated rings. The number of aliphatic hydroxyl groups excluding tert-OH is 1. The molecule has 1 rings (SSSR count). The molecule has 0 radical (unpaired) electrons. The highest BCUT2D eigenvalue weighted by molar-refractivity contribution is 7.80. The number of likely N-dealkylation sites (N-methyl/N-ethyl adjacent to an activating group) is 1. The summed E-state index contributed by atoms with van der Waals surface area (Å²) in [6.45, 7) is 6.01. The van der Waals surface area contributed by atoms with Gasteiger partial charge in [0.15, 0.2) is 12.1 Å². The van der Waals surface area contributed by atoms with E-state index in [2.05, 4.69) is 23.1 Å². The van der Waals surface area contributed by atoms with Crippen LogP contribution in [0.5, 0.6) is 0 Å². The summed E-state index contributed by atoms with van der Waals surface area (Å²) in [7, 11) is -1.49. The van der Waals surface area contributed by atoms with E-state index in [9.17, 15) is 18.1 Å². The van der Waals surface area contributed by atoms with Crippen LogP contribution in [0.15, 0.2) is 4.99 Å². The van der Waals surface area contributed by atoms with Crippen molar-refractivity contribution in [1.82, 2.24) is 0 Å². The van der Waals surface area contributed by atoms with Gasteiger partial charge in [0.05, 0.1) is 20.7 Å². The Hall–Kier alpha value is -0.540. The van der Waals surface area contributed by atoms with Crippen molar-refractivity contribution < 1.29 is 26.7 Å². The lowest BCUT2D eigenvalue weighted by Crippen LogP contribution is -2.53. The highest BCUT2D eigenvalue weighted by Crippen LogP contribution is 2.20. The number of amidine groups is 1. The molecular weight excluding hydrogens is 368 g/mol. The second-order valence-electron chi connectivity index (χ2n) is 7.43. The number of nitrogens with zero attached hydrogens (tertiary/aromatic N) is 2. The smallest absolute Gasteiger partial charge is 0.217 e. The van der Waals surface area contributed by atoms with E-state index in [1.54, 1.807) is 0 Å². The molecule has 2 atom stereocenters. The van der Waals surface area contributed by atoms with Crippen LogP contribution in [0.25, 0.3) is 0 Å². The highest BCUT2D eigenvalue weighted by atomic mass is 32.3. The molecule has 0 saturated carbocycles. The van der Waals surface area contributed by atoms with Crippen molar-refractivity contribution >= 4 is 16.2 Å². The van der Waals surface area contributed by atoms with Gasteiger partial charge >= 0.3 is 0 Å². The second kappa shape index (κ2) is 14.5. The molecule has 0 aromatic heterocycles. The van der Waals surface area contributed by atoms with Gasteiger partial charge in [0.1, 0.15) is 6.54 Å². The summed E-state index contributed by atoms with van der Waals surface area (Å²) in [5.41, 5.74) is 0. The number of hydrogen-bond donors (Lipinski definition) is 1. The summed E-state index contributed by atoms with van der Waals surface area (Å²) in [4.78, 5) is 4.61. The van der Waals surface area contributed by atoms with Crippen molar-refractivity contribution in [2.75, 3.05) is 27.2 Å². The van der Waals surface area contributed by atoms with Gasteiger partial charge in [-0.1, -0.05) is 64.7 Å². The Morgan fingerprint density at radius 2 is 1.56 bits per heavy atom. The lowest BCUT2D eigenvalue weighted by Gasteiger charge is -2.32. The van der Waals surface area contributed by atoms with Gasteiger partial charge in [0.2, 0.25) is 10.4 Å². The van der Waals surface area contributed by atoms with Gasteiger partial charge in [-0.25, -0.2) is 13.4 Å². The van der Waals surface area contributed by atoms with Gasteiger partial charge in [0, 0.05) is 13.3 Å². The number of hydrogen-bond acceptors (Lipinski definition) is 6. The van der Waals surface area contributed by atoms with Crippen LogP contribution in [-0.2, 0) is 14.6 Å². The summed E-state index contributed by atoms with van der Waals surface area (Å²) in [5, 5.41) is 9.93. The SMILES string of the molecule is CCCCCCCCCCCCC1=NCC[N+]1(C)C(C)O.COS(=O)(=O)[O-]. The lowest BCUT2D eigenvalue weighted by atomic mass is 10.1. The molecule has 0 aliphatic carbocycles. The molecule has 1 N–H and O–H groups in total. The Morgan fingerprint density at radius 3 is 1.96 bits per heavy atom. The molecule has 0 aromatic carbocycles. The molecule has 162 valence electrons. The summed E-state index contributed by atoms with van der Waals surface area (Å²) < 4.78 is 31.7. The zero-order valence-corrected chi connectivity index (χ0v) is 18.5. The molecule has 1 aliphatic rings. The van der Waals surface area contributed by atoms with Crippen LogP contribution >= 0.6 is 0 Å². The number of quaternary nitrogens is 1. The maximum absolute atomic E-state index is 9.93. The van der Waals surface area contributed by atoms with Gasteiger partial charge in [0.25, 0.3) is 0 Å². The van der Waals surface area contributed by atoms with E-state index in [0.717, 1.165) is 26.6 Å². The highest BCUT2D eigenvalue weighted by Gasteiger charge is 2.37. The molecule has 27 heavy (non-hydrogen) atoms. The molecule has 0 amide bonds. The van der Waals surface area contributed by atoms with Crippen molar-refractivity contribution in [3.05, 3.63) is 0 Å². The Morgan fingerprint density at radius 1 is 1.11 bits per heavy atom. The molecule has 7 nitrogen and oxygen atoms in total. The summed E-state index contributed by atoms with van der Waals surface area (Å²) in [6.07, 6.45) is 14.5. The quantitative estimate of drug-likeness (QED) is 0.217. The van der Waals surface area contributed by atoms with Crippen molar-refractivity contribution in [2.24, 2.45) is 4.99 Å². The first-order valence-electron chi connectivity index (χ1n) is 10.3. The van der Waals surface area contributed by atoms with E-state index in [-0.39, 0.29) is 6.23 Å². The number of aliphatic imine (C=N–C) groups is 1. The monoisotopic (exact) mass is 408 g/mol.